The number of anilines is 1. The molecule has 0 bridgehead atoms. The Morgan fingerprint density at radius 1 is 1.43 bits per heavy atom. The number of sulfonamides is 1. The van der Waals surface area contributed by atoms with Crippen molar-refractivity contribution in [2.75, 3.05) is 24.2 Å². The highest BCUT2D eigenvalue weighted by atomic mass is 32.2. The van der Waals surface area contributed by atoms with Gasteiger partial charge in [-0.2, -0.15) is 0 Å². The van der Waals surface area contributed by atoms with Gasteiger partial charge in [0.25, 0.3) is 5.91 Å². The lowest BCUT2D eigenvalue weighted by Gasteiger charge is -2.09. The highest BCUT2D eigenvalue weighted by molar-refractivity contribution is 7.89. The number of nitrogens with zero attached hydrogens (tertiary/aromatic N) is 1. The summed E-state index contributed by atoms with van der Waals surface area (Å²) in [5, 5.41) is 21.0. The summed E-state index contributed by atoms with van der Waals surface area (Å²) in [6.45, 7) is 2.00. The Hall–Kier alpha value is -2.20. The maximum Gasteiger partial charge on any atom is 0.305 e. The molecule has 10 heteroatoms. The molecule has 0 fully saturated rings. The first-order valence-electron chi connectivity index (χ1n) is 6.06. The van der Waals surface area contributed by atoms with Crippen LogP contribution in [0, 0.1) is 10.1 Å². The van der Waals surface area contributed by atoms with Crippen molar-refractivity contribution in [3.63, 3.8) is 0 Å². The van der Waals surface area contributed by atoms with Gasteiger partial charge in [-0.25, -0.2) is 13.6 Å². The highest BCUT2D eigenvalue weighted by Crippen LogP contribution is 2.28. The van der Waals surface area contributed by atoms with E-state index in [1.54, 1.807) is 6.92 Å². The van der Waals surface area contributed by atoms with Gasteiger partial charge >= 0.3 is 5.69 Å². The third-order valence-corrected chi connectivity index (χ3v) is 3.28. The van der Waals surface area contributed by atoms with E-state index >= 15 is 0 Å². The molecule has 1 rings (SSSR count). The van der Waals surface area contributed by atoms with Gasteiger partial charge in [-0.05, 0) is 19.1 Å². The number of nitro groups is 1. The van der Waals surface area contributed by atoms with Crippen LogP contribution in [0.1, 0.15) is 17.3 Å². The first-order valence-corrected chi connectivity index (χ1v) is 7.77. The third kappa shape index (κ3) is 5.00. The van der Waals surface area contributed by atoms with Crippen molar-refractivity contribution >= 4 is 27.3 Å². The average Bonchev–Trinajstić information content (AvgIpc) is 2.36. The predicted molar refractivity (Wildman–Crippen MR) is 77.6 cm³/mol. The standard InChI is InChI=1S/C11H16N4O5S/c1-2-13-9-5-3-4-8(10(9)15(17)18)11(16)14-6-7-21(12,19)20/h3-5,13H,2,6-7H2,1H3,(H,14,16)(H2,12,19,20). The molecule has 0 spiro atoms. The van der Waals surface area contributed by atoms with Gasteiger partial charge in [-0.1, -0.05) is 6.07 Å². The number of carbonyl (C=O) groups excluding carboxylic acids is 1. The Morgan fingerprint density at radius 3 is 2.62 bits per heavy atom. The molecule has 1 aromatic rings. The molecule has 0 radical (unpaired) electrons. The largest absolute Gasteiger partial charge is 0.380 e. The molecule has 0 heterocycles. The van der Waals surface area contributed by atoms with Crippen molar-refractivity contribution in [3.05, 3.63) is 33.9 Å². The summed E-state index contributed by atoms with van der Waals surface area (Å²) in [6, 6.07) is 4.29. The average molecular weight is 316 g/mol. The minimum Gasteiger partial charge on any atom is -0.380 e. The summed E-state index contributed by atoms with van der Waals surface area (Å²) in [5.41, 5.74) is -0.276. The smallest absolute Gasteiger partial charge is 0.305 e. The molecule has 0 unspecified atom stereocenters. The number of nitrogens with one attached hydrogen (secondary N) is 2. The minimum absolute atomic E-state index is 0.145. The number of carbonyl (C=O) groups is 1. The lowest BCUT2D eigenvalue weighted by molar-refractivity contribution is -0.384. The molecule has 21 heavy (non-hydrogen) atoms. The second-order valence-corrected chi connectivity index (χ2v) is 5.85. The van der Waals surface area contributed by atoms with Gasteiger partial charge in [0.15, 0.2) is 0 Å². The van der Waals surface area contributed by atoms with E-state index in [-0.39, 0.29) is 23.5 Å². The van der Waals surface area contributed by atoms with Gasteiger partial charge in [0, 0.05) is 13.1 Å². The van der Waals surface area contributed by atoms with Crippen molar-refractivity contribution in [2.45, 2.75) is 6.92 Å². The summed E-state index contributed by atoms with van der Waals surface area (Å²) in [7, 11) is -3.71. The Labute approximate surface area is 121 Å². The molecule has 0 saturated heterocycles. The molecule has 0 atom stereocenters. The number of amides is 1. The van der Waals surface area contributed by atoms with Crippen molar-refractivity contribution < 1.29 is 18.1 Å². The normalized spacial score (nSPS) is 11.0. The van der Waals surface area contributed by atoms with E-state index in [1.807, 2.05) is 0 Å². The zero-order chi connectivity index (χ0) is 16.0. The number of hydrogen-bond donors (Lipinski definition) is 3. The summed E-state index contributed by atoms with van der Waals surface area (Å²) >= 11 is 0. The molecule has 0 aromatic heterocycles. The van der Waals surface area contributed by atoms with Crippen LogP contribution in [-0.4, -0.2) is 38.1 Å². The van der Waals surface area contributed by atoms with Crippen LogP contribution in [0.3, 0.4) is 0 Å². The monoisotopic (exact) mass is 316 g/mol. The summed E-state index contributed by atoms with van der Waals surface area (Å²) in [5.74, 6) is -1.18. The molecule has 0 aliphatic rings. The molecule has 1 amide bonds. The summed E-state index contributed by atoms with van der Waals surface area (Å²) in [4.78, 5) is 22.4. The lowest BCUT2D eigenvalue weighted by Crippen LogP contribution is -2.31. The van der Waals surface area contributed by atoms with E-state index in [0.717, 1.165) is 0 Å². The van der Waals surface area contributed by atoms with E-state index in [4.69, 9.17) is 5.14 Å². The number of primary sulfonamides is 1. The van der Waals surface area contributed by atoms with E-state index in [0.29, 0.717) is 6.54 Å². The molecule has 0 saturated carbocycles. The number of nitrogens with two attached hydrogens (primary N) is 1. The van der Waals surface area contributed by atoms with Gasteiger partial charge < -0.3 is 10.6 Å². The molecular formula is C11H16N4O5S. The summed E-state index contributed by atoms with van der Waals surface area (Å²) in [6.07, 6.45) is 0. The van der Waals surface area contributed by atoms with Gasteiger partial charge in [0.2, 0.25) is 10.0 Å². The van der Waals surface area contributed by atoms with Crippen LogP contribution in [0.15, 0.2) is 18.2 Å². The Kier molecular flexibility index (Phi) is 5.61. The van der Waals surface area contributed by atoms with Crippen molar-refractivity contribution in [3.8, 4) is 0 Å². The van der Waals surface area contributed by atoms with E-state index in [9.17, 15) is 23.3 Å². The van der Waals surface area contributed by atoms with E-state index in [2.05, 4.69) is 10.6 Å². The molecule has 0 aliphatic carbocycles. The molecule has 116 valence electrons. The molecular weight excluding hydrogens is 300 g/mol. The van der Waals surface area contributed by atoms with Crippen molar-refractivity contribution in [2.24, 2.45) is 5.14 Å². The van der Waals surface area contributed by atoms with Crippen LogP contribution >= 0.6 is 0 Å². The first-order chi connectivity index (χ1) is 9.76. The van der Waals surface area contributed by atoms with Crippen LogP contribution in [-0.2, 0) is 10.0 Å². The molecule has 0 aliphatic heterocycles. The third-order valence-electron chi connectivity index (χ3n) is 2.50. The fraction of sp³-hybridized carbons (Fsp3) is 0.364. The van der Waals surface area contributed by atoms with Crippen molar-refractivity contribution in [1.29, 1.82) is 0 Å². The van der Waals surface area contributed by atoms with Gasteiger partial charge in [-0.3, -0.25) is 14.9 Å². The highest BCUT2D eigenvalue weighted by Gasteiger charge is 2.24. The molecule has 9 nitrogen and oxygen atoms in total. The number of hydrogen-bond acceptors (Lipinski definition) is 6. The van der Waals surface area contributed by atoms with Gasteiger partial charge in [0.1, 0.15) is 11.3 Å². The fourth-order valence-electron chi connectivity index (χ4n) is 1.66. The van der Waals surface area contributed by atoms with Crippen LogP contribution in [0.5, 0.6) is 0 Å². The minimum atomic E-state index is -3.71. The quantitative estimate of drug-likeness (QED) is 0.478. The van der Waals surface area contributed by atoms with Crippen LogP contribution < -0.4 is 15.8 Å². The second kappa shape index (κ2) is 6.99. The molecule has 4 N–H and O–H groups in total. The number of nitro benzene ring substituents is 1. The first kappa shape index (κ1) is 16.9. The Balaban J connectivity index is 2.98. The van der Waals surface area contributed by atoms with Crippen molar-refractivity contribution in [1.82, 2.24) is 5.32 Å². The van der Waals surface area contributed by atoms with E-state index in [1.165, 1.54) is 18.2 Å². The molecule has 1 aromatic carbocycles. The summed E-state index contributed by atoms with van der Waals surface area (Å²) < 4.78 is 21.5. The number of rotatable bonds is 7. The SMILES string of the molecule is CCNc1cccc(C(=O)NCCS(N)(=O)=O)c1[N+](=O)[O-]. The zero-order valence-electron chi connectivity index (χ0n) is 11.3. The van der Waals surface area contributed by atoms with Gasteiger partial charge in [0.05, 0.1) is 10.7 Å². The number of benzene rings is 1. The van der Waals surface area contributed by atoms with Crippen LogP contribution in [0.4, 0.5) is 11.4 Å². The van der Waals surface area contributed by atoms with Crippen LogP contribution in [0.25, 0.3) is 0 Å². The maximum atomic E-state index is 11.9. The Bertz CT molecular complexity index is 644. The zero-order valence-corrected chi connectivity index (χ0v) is 12.1. The second-order valence-electron chi connectivity index (χ2n) is 4.11. The number of para-hydroxylation sites is 1. The Morgan fingerprint density at radius 2 is 2.10 bits per heavy atom. The van der Waals surface area contributed by atoms with Gasteiger partial charge in [-0.15, -0.1) is 0 Å². The predicted octanol–water partition coefficient (Wildman–Crippen LogP) is 0.0449. The lowest BCUT2D eigenvalue weighted by atomic mass is 10.1. The fourth-order valence-corrected chi connectivity index (χ4v) is 2.05. The van der Waals surface area contributed by atoms with E-state index < -0.39 is 26.6 Å². The maximum absolute atomic E-state index is 11.9. The van der Waals surface area contributed by atoms with Crippen LogP contribution in [0.2, 0.25) is 0 Å². The topological polar surface area (TPSA) is 144 Å².